The summed E-state index contributed by atoms with van der Waals surface area (Å²) in [6.45, 7) is 9.44. The molecule has 0 spiro atoms. The lowest BCUT2D eigenvalue weighted by atomic mass is 9.82. The van der Waals surface area contributed by atoms with Crippen LogP contribution in [0, 0.1) is 12.3 Å². The maximum atomic E-state index is 13.2. The minimum absolute atomic E-state index is 0.114. The number of carbonyl (C=O) groups is 1. The SMILES string of the molecule is Cc1ccc(S(=O)C(Cl)C(C)(CCc2ccccc2)CC(=O)OC(C)(C)C)cc1. The highest BCUT2D eigenvalue weighted by Gasteiger charge is 2.40. The summed E-state index contributed by atoms with van der Waals surface area (Å²) < 4.78 is 18.0. The lowest BCUT2D eigenvalue weighted by Crippen LogP contribution is -2.37. The van der Waals surface area contributed by atoms with Crippen LogP contribution >= 0.6 is 11.6 Å². The van der Waals surface area contributed by atoms with E-state index in [4.69, 9.17) is 16.3 Å². The number of rotatable bonds is 8. The van der Waals surface area contributed by atoms with Crippen LogP contribution in [0.3, 0.4) is 0 Å². The molecule has 0 fully saturated rings. The van der Waals surface area contributed by atoms with Crippen LogP contribution < -0.4 is 0 Å². The highest BCUT2D eigenvalue weighted by atomic mass is 35.5. The van der Waals surface area contributed by atoms with Crippen molar-refractivity contribution < 1.29 is 13.7 Å². The third-order valence-electron chi connectivity index (χ3n) is 4.78. The Balaban J connectivity index is 2.24. The molecule has 3 nitrogen and oxygen atoms in total. The predicted molar refractivity (Wildman–Crippen MR) is 121 cm³/mol. The highest BCUT2D eigenvalue weighted by molar-refractivity contribution is 7.87. The Morgan fingerprint density at radius 1 is 1.03 bits per heavy atom. The largest absolute Gasteiger partial charge is 0.460 e. The number of alkyl halides is 1. The molecule has 2 aromatic carbocycles. The molecule has 2 aromatic rings. The summed E-state index contributed by atoms with van der Waals surface area (Å²) in [5.74, 6) is -0.320. The van der Waals surface area contributed by atoms with Crippen molar-refractivity contribution in [2.45, 2.75) is 69.1 Å². The topological polar surface area (TPSA) is 43.4 Å². The van der Waals surface area contributed by atoms with E-state index < -0.39 is 26.5 Å². The first-order valence-corrected chi connectivity index (χ1v) is 11.5. The van der Waals surface area contributed by atoms with Crippen LogP contribution in [0.5, 0.6) is 0 Å². The molecule has 0 amide bonds. The summed E-state index contributed by atoms with van der Waals surface area (Å²) in [6.07, 6.45) is 1.49. The summed E-state index contributed by atoms with van der Waals surface area (Å²) >= 11 is 6.79. The van der Waals surface area contributed by atoms with Crippen molar-refractivity contribution in [2.75, 3.05) is 0 Å². The highest BCUT2D eigenvalue weighted by Crippen LogP contribution is 2.39. The number of carbonyl (C=O) groups excluding carboxylic acids is 1. The van der Waals surface area contributed by atoms with Gasteiger partial charge < -0.3 is 4.74 Å². The second kappa shape index (κ2) is 9.90. The van der Waals surface area contributed by atoms with E-state index in [1.807, 2.05) is 89.2 Å². The molecule has 2 rings (SSSR count). The lowest BCUT2D eigenvalue weighted by molar-refractivity contribution is -0.157. The number of hydrogen-bond acceptors (Lipinski definition) is 3. The summed E-state index contributed by atoms with van der Waals surface area (Å²) in [6, 6.07) is 17.6. The van der Waals surface area contributed by atoms with E-state index in [2.05, 4.69) is 0 Å². The average molecular weight is 435 g/mol. The van der Waals surface area contributed by atoms with Gasteiger partial charge in [-0.15, -0.1) is 11.6 Å². The van der Waals surface area contributed by atoms with E-state index in [9.17, 15) is 9.00 Å². The number of aryl methyl sites for hydroxylation is 2. The fourth-order valence-electron chi connectivity index (χ4n) is 3.11. The molecule has 0 radical (unpaired) electrons. The molecule has 0 bridgehead atoms. The van der Waals surface area contributed by atoms with Crippen molar-refractivity contribution in [3.05, 3.63) is 65.7 Å². The van der Waals surface area contributed by atoms with Crippen molar-refractivity contribution in [1.82, 2.24) is 0 Å². The van der Waals surface area contributed by atoms with Gasteiger partial charge in [-0.05, 0) is 58.2 Å². The average Bonchev–Trinajstić information content (AvgIpc) is 2.65. The molecular weight excluding hydrogens is 404 g/mol. The Kier molecular flexibility index (Phi) is 8.07. The van der Waals surface area contributed by atoms with Gasteiger partial charge in [0.2, 0.25) is 0 Å². The quantitative estimate of drug-likeness (QED) is 0.375. The Morgan fingerprint density at radius 3 is 2.17 bits per heavy atom. The van der Waals surface area contributed by atoms with Gasteiger partial charge in [0.05, 0.1) is 17.2 Å². The third-order valence-corrected chi connectivity index (χ3v) is 7.48. The second-order valence-electron chi connectivity index (χ2n) is 8.83. The van der Waals surface area contributed by atoms with Crippen molar-refractivity contribution in [3.8, 4) is 0 Å². The molecule has 0 aliphatic carbocycles. The summed E-state index contributed by atoms with van der Waals surface area (Å²) in [4.78, 5) is 13.3. The minimum atomic E-state index is -1.45. The molecule has 0 saturated heterocycles. The first-order chi connectivity index (χ1) is 13.5. The number of benzene rings is 2. The van der Waals surface area contributed by atoms with Gasteiger partial charge in [0.1, 0.15) is 10.3 Å². The van der Waals surface area contributed by atoms with Gasteiger partial charge >= 0.3 is 5.97 Å². The molecular formula is C24H31ClO3S. The zero-order chi connectivity index (χ0) is 21.7. The number of esters is 1. The summed E-state index contributed by atoms with van der Waals surface area (Å²) in [7, 11) is -1.45. The monoisotopic (exact) mass is 434 g/mol. The van der Waals surface area contributed by atoms with Crippen LogP contribution in [0.2, 0.25) is 0 Å². The van der Waals surface area contributed by atoms with Crippen molar-refractivity contribution in [2.24, 2.45) is 5.41 Å². The van der Waals surface area contributed by atoms with E-state index in [0.29, 0.717) is 11.3 Å². The Labute approximate surface area is 182 Å². The fraction of sp³-hybridized carbons (Fsp3) is 0.458. The van der Waals surface area contributed by atoms with Crippen molar-refractivity contribution in [1.29, 1.82) is 0 Å². The van der Waals surface area contributed by atoms with E-state index in [0.717, 1.165) is 17.5 Å². The molecule has 0 saturated carbocycles. The molecule has 5 heteroatoms. The van der Waals surface area contributed by atoms with Crippen LogP contribution in [-0.2, 0) is 26.8 Å². The maximum Gasteiger partial charge on any atom is 0.306 e. The Bertz CT molecular complexity index is 827. The second-order valence-corrected chi connectivity index (χ2v) is 11.1. The molecule has 0 aliphatic rings. The first kappa shape index (κ1) is 23.6. The number of halogens is 1. The van der Waals surface area contributed by atoms with Crippen LogP contribution in [0.15, 0.2) is 59.5 Å². The number of hydrogen-bond donors (Lipinski definition) is 0. The van der Waals surface area contributed by atoms with E-state index in [-0.39, 0.29) is 12.4 Å². The Hall–Kier alpha value is -1.65. The van der Waals surface area contributed by atoms with E-state index in [1.54, 1.807) is 0 Å². The smallest absolute Gasteiger partial charge is 0.306 e. The minimum Gasteiger partial charge on any atom is -0.460 e. The normalized spacial score (nSPS) is 15.9. The van der Waals surface area contributed by atoms with Gasteiger partial charge in [0.15, 0.2) is 0 Å². The third kappa shape index (κ3) is 7.27. The van der Waals surface area contributed by atoms with Gasteiger partial charge in [-0.25, -0.2) is 0 Å². The first-order valence-electron chi connectivity index (χ1n) is 9.87. The van der Waals surface area contributed by atoms with Crippen LogP contribution in [-0.4, -0.2) is 20.5 Å². The molecule has 0 aromatic heterocycles. The molecule has 0 heterocycles. The molecule has 3 atom stereocenters. The molecule has 29 heavy (non-hydrogen) atoms. The van der Waals surface area contributed by atoms with Crippen molar-refractivity contribution >= 4 is 28.4 Å². The van der Waals surface area contributed by atoms with Gasteiger partial charge in [0, 0.05) is 10.3 Å². The van der Waals surface area contributed by atoms with Gasteiger partial charge in [-0.3, -0.25) is 9.00 Å². The summed E-state index contributed by atoms with van der Waals surface area (Å²) in [5.41, 5.74) is 0.996. The Morgan fingerprint density at radius 2 is 1.62 bits per heavy atom. The van der Waals surface area contributed by atoms with E-state index >= 15 is 0 Å². The number of ether oxygens (including phenoxy) is 1. The molecule has 0 aliphatic heterocycles. The van der Waals surface area contributed by atoms with Gasteiger partial charge in [-0.2, -0.15) is 0 Å². The predicted octanol–water partition coefficient (Wildman–Crippen LogP) is 6.04. The fourth-order valence-corrected chi connectivity index (χ4v) is 4.97. The van der Waals surface area contributed by atoms with Crippen molar-refractivity contribution in [3.63, 3.8) is 0 Å². The standard InChI is InChI=1S/C24H31ClO3S/c1-18-11-13-20(14-12-18)29(27)22(25)24(5,17-21(26)28-23(2,3)4)16-15-19-9-7-6-8-10-19/h6-14,22H,15-17H2,1-5H3. The zero-order valence-electron chi connectivity index (χ0n) is 17.9. The maximum absolute atomic E-state index is 13.2. The molecule has 0 N–H and O–H groups in total. The molecule has 3 unspecified atom stereocenters. The van der Waals surface area contributed by atoms with Crippen LogP contribution in [0.4, 0.5) is 0 Å². The van der Waals surface area contributed by atoms with Crippen LogP contribution in [0.25, 0.3) is 0 Å². The molecule has 158 valence electrons. The lowest BCUT2D eigenvalue weighted by Gasteiger charge is -2.34. The van der Waals surface area contributed by atoms with E-state index in [1.165, 1.54) is 0 Å². The van der Waals surface area contributed by atoms with Crippen LogP contribution in [0.1, 0.15) is 51.7 Å². The van der Waals surface area contributed by atoms with Gasteiger partial charge in [0.25, 0.3) is 0 Å². The van der Waals surface area contributed by atoms with Gasteiger partial charge in [-0.1, -0.05) is 55.0 Å². The summed E-state index contributed by atoms with van der Waals surface area (Å²) in [5, 5.41) is 0. The zero-order valence-corrected chi connectivity index (χ0v) is 19.5.